The molecule has 120 valence electrons. The number of aromatic nitrogens is 1. The molecule has 1 unspecified atom stereocenters. The zero-order chi connectivity index (χ0) is 17.0. The van der Waals surface area contributed by atoms with Gasteiger partial charge in [-0.1, -0.05) is 32.1 Å². The number of nitrogens with one attached hydrogen (secondary N) is 1. The Morgan fingerprint density at radius 2 is 1.83 bits per heavy atom. The van der Waals surface area contributed by atoms with Gasteiger partial charge in [0.2, 0.25) is 5.91 Å². The maximum Gasteiger partial charge on any atom is 0.251 e. The highest BCUT2D eigenvalue weighted by Crippen LogP contribution is 2.19. The number of thiocarbonyl (C=S) groups is 1. The summed E-state index contributed by atoms with van der Waals surface area (Å²) in [4.78, 5) is 24.9. The van der Waals surface area contributed by atoms with Crippen LogP contribution in [0.3, 0.4) is 0 Å². The van der Waals surface area contributed by atoms with Crippen LogP contribution in [0.15, 0.2) is 53.5 Å². The van der Waals surface area contributed by atoms with Crippen LogP contribution in [-0.2, 0) is 4.79 Å². The molecule has 0 aliphatic rings. The van der Waals surface area contributed by atoms with Crippen LogP contribution in [0.4, 0.5) is 5.69 Å². The second-order valence-corrected chi connectivity index (χ2v) is 6.01. The largest absolute Gasteiger partial charge is 0.389 e. The lowest BCUT2D eigenvalue weighted by molar-refractivity contribution is -0.120. The molecule has 3 N–H and O–H groups in total. The summed E-state index contributed by atoms with van der Waals surface area (Å²) >= 11 is 4.90. The molecule has 0 saturated carbocycles. The van der Waals surface area contributed by atoms with E-state index in [2.05, 4.69) is 5.32 Å². The molecule has 23 heavy (non-hydrogen) atoms. The average Bonchev–Trinajstić information content (AvgIpc) is 2.49. The molecule has 1 heterocycles. The van der Waals surface area contributed by atoms with E-state index in [-0.39, 0.29) is 17.4 Å². The third-order valence-electron chi connectivity index (χ3n) is 3.49. The Morgan fingerprint density at radius 3 is 2.35 bits per heavy atom. The molecule has 0 saturated heterocycles. The monoisotopic (exact) mass is 329 g/mol. The van der Waals surface area contributed by atoms with Crippen molar-refractivity contribution in [2.75, 3.05) is 5.32 Å². The molecule has 1 aromatic carbocycles. The SMILES string of the molecule is CC(C)C(C(=O)Nc1ccc(C(N)=S)cc1)n1ccccc1=O. The molecule has 0 spiro atoms. The predicted molar refractivity (Wildman–Crippen MR) is 95.5 cm³/mol. The van der Waals surface area contributed by atoms with E-state index >= 15 is 0 Å². The Bertz CT molecular complexity index is 766. The molecule has 1 aromatic heterocycles. The van der Waals surface area contributed by atoms with Crippen molar-refractivity contribution in [1.82, 2.24) is 4.57 Å². The quantitative estimate of drug-likeness (QED) is 0.825. The number of benzene rings is 1. The predicted octanol–water partition coefficient (Wildman–Crippen LogP) is 2.32. The van der Waals surface area contributed by atoms with E-state index in [1.807, 2.05) is 13.8 Å². The van der Waals surface area contributed by atoms with Gasteiger partial charge in [-0.25, -0.2) is 0 Å². The third-order valence-corrected chi connectivity index (χ3v) is 3.72. The van der Waals surface area contributed by atoms with Crippen LogP contribution in [0.25, 0.3) is 0 Å². The highest BCUT2D eigenvalue weighted by Gasteiger charge is 2.24. The van der Waals surface area contributed by atoms with Crippen molar-refractivity contribution in [1.29, 1.82) is 0 Å². The number of carbonyl (C=O) groups excluding carboxylic acids is 1. The van der Waals surface area contributed by atoms with Gasteiger partial charge in [0.25, 0.3) is 5.56 Å². The van der Waals surface area contributed by atoms with Gasteiger partial charge in [-0.3, -0.25) is 9.59 Å². The van der Waals surface area contributed by atoms with Gasteiger partial charge < -0.3 is 15.6 Å². The summed E-state index contributed by atoms with van der Waals surface area (Å²) in [5.41, 5.74) is 6.71. The summed E-state index contributed by atoms with van der Waals surface area (Å²) in [6, 6.07) is 11.2. The molecule has 0 bridgehead atoms. The molecule has 6 heteroatoms. The molecule has 0 fully saturated rings. The topological polar surface area (TPSA) is 77.1 Å². The molecular weight excluding hydrogens is 310 g/mol. The first-order valence-electron chi connectivity index (χ1n) is 7.28. The number of anilines is 1. The lowest BCUT2D eigenvalue weighted by Crippen LogP contribution is -2.35. The van der Waals surface area contributed by atoms with Crippen molar-refractivity contribution in [3.63, 3.8) is 0 Å². The normalized spacial score (nSPS) is 12.0. The summed E-state index contributed by atoms with van der Waals surface area (Å²) < 4.78 is 1.45. The Balaban J connectivity index is 2.24. The molecule has 0 aliphatic carbocycles. The molecule has 1 amide bonds. The van der Waals surface area contributed by atoms with Gasteiger partial charge in [-0.2, -0.15) is 0 Å². The number of carbonyl (C=O) groups is 1. The Labute approximate surface area is 140 Å². The molecule has 2 aromatic rings. The maximum absolute atomic E-state index is 12.6. The number of hydrogen-bond acceptors (Lipinski definition) is 3. The lowest BCUT2D eigenvalue weighted by atomic mass is 10.0. The molecule has 1 atom stereocenters. The van der Waals surface area contributed by atoms with E-state index in [1.54, 1.807) is 42.6 Å². The average molecular weight is 329 g/mol. The van der Waals surface area contributed by atoms with Crippen molar-refractivity contribution < 1.29 is 4.79 Å². The van der Waals surface area contributed by atoms with Crippen LogP contribution in [0.1, 0.15) is 25.5 Å². The van der Waals surface area contributed by atoms with E-state index < -0.39 is 6.04 Å². The third kappa shape index (κ3) is 4.04. The van der Waals surface area contributed by atoms with Crippen LogP contribution in [-0.4, -0.2) is 15.5 Å². The fraction of sp³-hybridized carbons (Fsp3) is 0.235. The molecule has 2 rings (SSSR count). The zero-order valence-corrected chi connectivity index (χ0v) is 13.8. The van der Waals surface area contributed by atoms with Gasteiger partial charge in [0.05, 0.1) is 0 Å². The van der Waals surface area contributed by atoms with Crippen LogP contribution < -0.4 is 16.6 Å². The summed E-state index contributed by atoms with van der Waals surface area (Å²) in [6.07, 6.45) is 1.63. The van der Waals surface area contributed by atoms with Crippen molar-refractivity contribution in [2.45, 2.75) is 19.9 Å². The highest BCUT2D eigenvalue weighted by molar-refractivity contribution is 7.80. The molecular formula is C17H19N3O2S. The van der Waals surface area contributed by atoms with E-state index in [1.165, 1.54) is 10.6 Å². The van der Waals surface area contributed by atoms with Crippen LogP contribution >= 0.6 is 12.2 Å². The second kappa shape index (κ2) is 7.19. The summed E-state index contributed by atoms with van der Waals surface area (Å²) in [7, 11) is 0. The van der Waals surface area contributed by atoms with Gasteiger partial charge in [0, 0.05) is 23.5 Å². The van der Waals surface area contributed by atoms with Gasteiger partial charge in [-0.15, -0.1) is 0 Å². The minimum Gasteiger partial charge on any atom is -0.389 e. The van der Waals surface area contributed by atoms with Crippen LogP contribution in [0, 0.1) is 5.92 Å². The smallest absolute Gasteiger partial charge is 0.251 e. The van der Waals surface area contributed by atoms with Gasteiger partial charge in [-0.05, 0) is 36.2 Å². The zero-order valence-electron chi connectivity index (χ0n) is 13.0. The molecule has 0 aliphatic heterocycles. The lowest BCUT2D eigenvalue weighted by Gasteiger charge is -2.22. The van der Waals surface area contributed by atoms with E-state index in [4.69, 9.17) is 18.0 Å². The first-order chi connectivity index (χ1) is 10.9. The number of amides is 1. The number of hydrogen-bond donors (Lipinski definition) is 2. The van der Waals surface area contributed by atoms with Crippen molar-refractivity contribution in [3.05, 3.63) is 64.6 Å². The van der Waals surface area contributed by atoms with Crippen LogP contribution in [0.5, 0.6) is 0 Å². The first kappa shape index (κ1) is 16.9. The molecule has 5 nitrogen and oxygen atoms in total. The summed E-state index contributed by atoms with van der Waals surface area (Å²) in [6.45, 7) is 3.80. The van der Waals surface area contributed by atoms with Crippen molar-refractivity contribution >= 4 is 28.8 Å². The van der Waals surface area contributed by atoms with Gasteiger partial charge in [0.1, 0.15) is 11.0 Å². The minimum atomic E-state index is -0.584. The Hall–Kier alpha value is -2.47. The fourth-order valence-electron chi connectivity index (χ4n) is 2.35. The van der Waals surface area contributed by atoms with E-state index in [0.29, 0.717) is 10.7 Å². The van der Waals surface area contributed by atoms with Crippen molar-refractivity contribution in [2.24, 2.45) is 11.7 Å². The van der Waals surface area contributed by atoms with Crippen LogP contribution in [0.2, 0.25) is 0 Å². The fourth-order valence-corrected chi connectivity index (χ4v) is 2.49. The van der Waals surface area contributed by atoms with E-state index in [9.17, 15) is 9.59 Å². The number of pyridine rings is 1. The van der Waals surface area contributed by atoms with E-state index in [0.717, 1.165) is 5.56 Å². The summed E-state index contributed by atoms with van der Waals surface area (Å²) in [5.74, 6) is -0.276. The first-order valence-corrected chi connectivity index (χ1v) is 7.69. The van der Waals surface area contributed by atoms with Gasteiger partial charge in [0.15, 0.2) is 0 Å². The Kier molecular flexibility index (Phi) is 5.28. The summed E-state index contributed by atoms with van der Waals surface area (Å²) in [5, 5.41) is 2.83. The second-order valence-electron chi connectivity index (χ2n) is 5.57. The van der Waals surface area contributed by atoms with Crippen molar-refractivity contribution in [3.8, 4) is 0 Å². The standard InChI is InChI=1S/C17H19N3O2S/c1-11(2)15(20-10-4-3-5-14(20)21)17(22)19-13-8-6-12(7-9-13)16(18)23/h3-11,15H,1-2H3,(H2,18,23)(H,19,22). The maximum atomic E-state index is 12.6. The Morgan fingerprint density at radius 1 is 1.17 bits per heavy atom. The number of nitrogens with two attached hydrogens (primary N) is 1. The number of nitrogens with zero attached hydrogens (tertiary/aromatic N) is 1. The molecule has 0 radical (unpaired) electrons. The number of rotatable bonds is 5. The minimum absolute atomic E-state index is 0.0361. The highest BCUT2D eigenvalue weighted by atomic mass is 32.1. The van der Waals surface area contributed by atoms with Gasteiger partial charge >= 0.3 is 0 Å².